The van der Waals surface area contributed by atoms with Gasteiger partial charge >= 0.3 is 0 Å². The Morgan fingerprint density at radius 2 is 1.77 bits per heavy atom. The Morgan fingerprint density at radius 1 is 0.977 bits per heavy atom. The van der Waals surface area contributed by atoms with E-state index in [1.165, 1.54) is 4.31 Å². The van der Waals surface area contributed by atoms with Gasteiger partial charge in [-0.3, -0.25) is 9.78 Å². The fourth-order valence-electron chi connectivity index (χ4n) is 5.50. The van der Waals surface area contributed by atoms with Crippen LogP contribution < -0.4 is 9.47 Å². The number of hydrogen-bond acceptors (Lipinski definition) is 6. The Labute approximate surface area is 251 Å². The van der Waals surface area contributed by atoms with Crippen molar-refractivity contribution in [3.8, 4) is 11.5 Å². The summed E-state index contributed by atoms with van der Waals surface area (Å²) >= 11 is 0. The molecule has 6 rings (SSSR count). The molecule has 1 saturated carbocycles. The van der Waals surface area contributed by atoms with Crippen molar-refractivity contribution in [2.75, 3.05) is 27.3 Å². The third-order valence-corrected chi connectivity index (χ3v) is 9.86. The van der Waals surface area contributed by atoms with Crippen LogP contribution in [0.4, 0.5) is 0 Å². The Kier molecular flexibility index (Phi) is 8.05. The summed E-state index contributed by atoms with van der Waals surface area (Å²) in [6, 6.07) is 22.1. The molecular weight excluding hydrogens is 564 g/mol. The highest BCUT2D eigenvalue weighted by Crippen LogP contribution is 2.34. The maximum Gasteiger partial charge on any atom is 0.245 e. The van der Waals surface area contributed by atoms with Crippen LogP contribution in [0.3, 0.4) is 0 Å². The van der Waals surface area contributed by atoms with Crippen molar-refractivity contribution < 1.29 is 22.7 Å². The minimum Gasteiger partial charge on any atom is -0.493 e. The molecule has 2 aromatic heterocycles. The van der Waals surface area contributed by atoms with Crippen molar-refractivity contribution in [2.24, 2.45) is 0 Å². The smallest absolute Gasteiger partial charge is 0.245 e. The second-order valence-electron chi connectivity index (χ2n) is 10.7. The normalized spacial score (nSPS) is 13.5. The molecule has 1 aliphatic rings. The van der Waals surface area contributed by atoms with Crippen molar-refractivity contribution >= 4 is 37.7 Å². The number of amides is 1. The average Bonchev–Trinajstić information content (AvgIpc) is 3.80. The molecule has 43 heavy (non-hydrogen) atoms. The molecule has 0 aliphatic heterocycles. The lowest BCUT2D eigenvalue weighted by molar-refractivity contribution is -0.132. The lowest BCUT2D eigenvalue weighted by Gasteiger charge is -2.28. The molecule has 2 heterocycles. The van der Waals surface area contributed by atoms with E-state index in [1.807, 2.05) is 54.7 Å². The summed E-state index contributed by atoms with van der Waals surface area (Å²) in [6.45, 7) is 0.441. The van der Waals surface area contributed by atoms with Crippen LogP contribution in [0.5, 0.6) is 11.5 Å². The fraction of sp³-hybridized carbons (Fsp3) is 0.273. The number of H-pyrrole nitrogens is 1. The first-order valence-electron chi connectivity index (χ1n) is 14.3. The van der Waals surface area contributed by atoms with Gasteiger partial charge in [-0.15, -0.1) is 0 Å². The van der Waals surface area contributed by atoms with E-state index in [0.29, 0.717) is 30.0 Å². The highest BCUT2D eigenvalue weighted by Gasteiger charge is 2.40. The number of fused-ring (bicyclic) bond motifs is 2. The SMILES string of the molecule is COc1ccc(CN(CCc2c[nH]c3ccccc23)C(=O)CN(C2CC2)S(=O)(=O)c2cccc3cccnc23)cc1OC. The van der Waals surface area contributed by atoms with E-state index in [0.717, 1.165) is 40.3 Å². The van der Waals surface area contributed by atoms with E-state index in [2.05, 4.69) is 16.0 Å². The molecule has 5 aromatic rings. The van der Waals surface area contributed by atoms with Crippen LogP contribution in [-0.4, -0.2) is 66.8 Å². The lowest BCUT2D eigenvalue weighted by Crippen LogP contribution is -2.44. The molecule has 0 bridgehead atoms. The van der Waals surface area contributed by atoms with Crippen LogP contribution in [0.15, 0.2) is 90.1 Å². The number of para-hydroxylation sites is 2. The number of carbonyl (C=O) groups excluding carboxylic acids is 1. The van der Waals surface area contributed by atoms with Crippen molar-refractivity contribution in [1.29, 1.82) is 0 Å². The second-order valence-corrected chi connectivity index (χ2v) is 12.6. The lowest BCUT2D eigenvalue weighted by atomic mass is 10.1. The van der Waals surface area contributed by atoms with Crippen LogP contribution >= 0.6 is 0 Å². The summed E-state index contributed by atoms with van der Waals surface area (Å²) in [4.78, 5) is 23.6. The fourth-order valence-corrected chi connectivity index (χ4v) is 7.30. The van der Waals surface area contributed by atoms with Crippen LogP contribution in [-0.2, 0) is 27.8 Å². The Balaban J connectivity index is 1.30. The van der Waals surface area contributed by atoms with E-state index < -0.39 is 10.0 Å². The van der Waals surface area contributed by atoms with Gasteiger partial charge in [0, 0.05) is 47.8 Å². The van der Waals surface area contributed by atoms with Gasteiger partial charge in [-0.1, -0.05) is 42.5 Å². The summed E-state index contributed by atoms with van der Waals surface area (Å²) in [5.41, 5.74) is 3.38. The van der Waals surface area contributed by atoms with Gasteiger partial charge < -0.3 is 19.4 Å². The Morgan fingerprint density at radius 3 is 2.56 bits per heavy atom. The zero-order chi connectivity index (χ0) is 30.0. The third kappa shape index (κ3) is 5.93. The standard InChI is InChI=1S/C33H34N4O5S/c1-41-29-15-12-23(19-30(29)42-2)21-36(18-16-25-20-35-28-10-4-3-9-27(25)28)32(38)22-37(26-13-14-26)43(39,40)31-11-5-7-24-8-6-17-34-33(24)31/h3-12,15,17,19-20,26,35H,13-14,16,18,21-22H2,1-2H3. The van der Waals surface area contributed by atoms with Gasteiger partial charge in [0.05, 0.1) is 26.3 Å². The van der Waals surface area contributed by atoms with Crippen LogP contribution in [0.2, 0.25) is 0 Å². The quantitative estimate of drug-likeness (QED) is 0.213. The maximum absolute atomic E-state index is 14.1. The Bertz CT molecular complexity index is 1880. The maximum atomic E-state index is 14.1. The predicted octanol–water partition coefficient (Wildman–Crippen LogP) is 5.16. The van der Waals surface area contributed by atoms with Gasteiger partial charge in [-0.05, 0) is 60.7 Å². The molecule has 0 unspecified atom stereocenters. The molecular formula is C33H34N4O5S. The Hall–Kier alpha value is -4.41. The zero-order valence-electron chi connectivity index (χ0n) is 24.2. The van der Waals surface area contributed by atoms with Crippen molar-refractivity contribution in [1.82, 2.24) is 19.2 Å². The molecule has 0 atom stereocenters. The van der Waals surface area contributed by atoms with E-state index in [4.69, 9.17) is 9.47 Å². The number of carbonyl (C=O) groups is 1. The van der Waals surface area contributed by atoms with Crippen LogP contribution in [0.25, 0.3) is 21.8 Å². The molecule has 0 radical (unpaired) electrons. The number of ether oxygens (including phenoxy) is 2. The molecule has 3 aromatic carbocycles. The molecule has 1 fully saturated rings. The second kappa shape index (κ2) is 12.1. The minimum absolute atomic E-state index is 0.121. The van der Waals surface area contributed by atoms with Gasteiger partial charge in [0.15, 0.2) is 11.5 Å². The largest absolute Gasteiger partial charge is 0.493 e. The van der Waals surface area contributed by atoms with Gasteiger partial charge in [-0.2, -0.15) is 4.31 Å². The zero-order valence-corrected chi connectivity index (χ0v) is 25.0. The first-order valence-corrected chi connectivity index (χ1v) is 15.7. The van der Waals surface area contributed by atoms with E-state index in [9.17, 15) is 13.2 Å². The molecule has 10 heteroatoms. The number of aromatic amines is 1. The monoisotopic (exact) mass is 598 g/mol. The van der Waals surface area contributed by atoms with E-state index in [-0.39, 0.29) is 29.9 Å². The van der Waals surface area contributed by atoms with Gasteiger partial charge in [0.2, 0.25) is 15.9 Å². The molecule has 0 spiro atoms. The topological polar surface area (TPSA) is 105 Å². The first-order chi connectivity index (χ1) is 20.9. The molecule has 1 aliphatic carbocycles. The number of nitrogens with one attached hydrogen (secondary N) is 1. The molecule has 9 nitrogen and oxygen atoms in total. The number of hydrogen-bond donors (Lipinski definition) is 1. The number of pyridine rings is 1. The van der Waals surface area contributed by atoms with Crippen LogP contribution in [0.1, 0.15) is 24.0 Å². The summed E-state index contributed by atoms with van der Waals surface area (Å²) in [7, 11) is -0.843. The number of rotatable bonds is 12. The predicted molar refractivity (Wildman–Crippen MR) is 166 cm³/mol. The van der Waals surface area contributed by atoms with Gasteiger partial charge in [0.1, 0.15) is 4.90 Å². The summed E-state index contributed by atoms with van der Waals surface area (Å²) in [6.07, 6.45) is 5.60. The molecule has 0 saturated heterocycles. The number of sulfonamides is 1. The number of nitrogens with zero attached hydrogens (tertiary/aromatic N) is 3. The number of benzene rings is 3. The number of methoxy groups -OCH3 is 2. The molecule has 1 amide bonds. The third-order valence-electron chi connectivity index (χ3n) is 7.93. The van der Waals surface area contributed by atoms with E-state index in [1.54, 1.807) is 43.5 Å². The van der Waals surface area contributed by atoms with Crippen LogP contribution in [0, 0.1) is 0 Å². The highest BCUT2D eigenvalue weighted by atomic mass is 32.2. The molecule has 222 valence electrons. The van der Waals surface area contributed by atoms with Gasteiger partial charge in [0.25, 0.3) is 0 Å². The van der Waals surface area contributed by atoms with Crippen molar-refractivity contribution in [3.05, 3.63) is 96.3 Å². The van der Waals surface area contributed by atoms with Gasteiger partial charge in [-0.25, -0.2) is 8.42 Å². The summed E-state index contributed by atoms with van der Waals surface area (Å²) in [5.74, 6) is 0.894. The molecule has 1 N–H and O–H groups in total. The summed E-state index contributed by atoms with van der Waals surface area (Å²) in [5, 5.41) is 1.84. The van der Waals surface area contributed by atoms with Crippen molar-refractivity contribution in [2.45, 2.75) is 36.7 Å². The number of aromatic nitrogens is 2. The van der Waals surface area contributed by atoms with E-state index >= 15 is 0 Å². The first kappa shape index (κ1) is 28.7. The summed E-state index contributed by atoms with van der Waals surface area (Å²) < 4.78 is 40.4. The van der Waals surface area contributed by atoms with Crippen molar-refractivity contribution in [3.63, 3.8) is 0 Å². The highest BCUT2D eigenvalue weighted by molar-refractivity contribution is 7.89. The average molecular weight is 599 g/mol. The minimum atomic E-state index is -3.99.